The fourth-order valence-electron chi connectivity index (χ4n) is 4.42. The van der Waals surface area contributed by atoms with Gasteiger partial charge in [-0.05, 0) is 74.2 Å². The molecule has 0 amide bonds. The quantitative estimate of drug-likeness (QED) is 0.448. The van der Waals surface area contributed by atoms with Gasteiger partial charge in [0.25, 0.3) is 0 Å². The maximum absolute atomic E-state index is 10.3. The van der Waals surface area contributed by atoms with E-state index in [0.29, 0.717) is 5.02 Å². The molecule has 0 spiro atoms. The number of hydrogen-bond acceptors (Lipinski definition) is 3. The Morgan fingerprint density at radius 2 is 1.87 bits per heavy atom. The van der Waals surface area contributed by atoms with E-state index in [4.69, 9.17) is 16.7 Å². The van der Waals surface area contributed by atoms with E-state index in [-0.39, 0.29) is 0 Å². The van der Waals surface area contributed by atoms with Gasteiger partial charge in [-0.2, -0.15) is 5.10 Å². The molecular weight excluding hydrogens is 406 g/mol. The van der Waals surface area contributed by atoms with Gasteiger partial charge in [0.1, 0.15) is 0 Å². The third-order valence-electron chi connectivity index (χ3n) is 6.28. The molecule has 0 unspecified atom stereocenters. The lowest BCUT2D eigenvalue weighted by molar-refractivity contribution is 0.0785. The Labute approximate surface area is 187 Å². The molecule has 1 aliphatic rings. The fraction of sp³-hybridized carbons (Fsp3) is 0.269. The number of aryl methyl sites for hydroxylation is 1. The summed E-state index contributed by atoms with van der Waals surface area (Å²) in [5, 5.41) is 15.8. The second-order valence-electron chi connectivity index (χ2n) is 8.88. The molecule has 0 fully saturated rings. The molecular formula is C26H26ClN3O. The van der Waals surface area contributed by atoms with Crippen LogP contribution in [0.3, 0.4) is 0 Å². The second-order valence-corrected chi connectivity index (χ2v) is 9.29. The first-order valence-corrected chi connectivity index (χ1v) is 11.0. The van der Waals surface area contributed by atoms with Crippen molar-refractivity contribution in [3.63, 3.8) is 0 Å². The lowest BCUT2D eigenvalue weighted by atomic mass is 9.91. The molecule has 31 heavy (non-hydrogen) atoms. The van der Waals surface area contributed by atoms with Crippen molar-refractivity contribution in [1.82, 2.24) is 9.61 Å². The van der Waals surface area contributed by atoms with Crippen LogP contribution in [-0.2, 0) is 18.6 Å². The summed E-state index contributed by atoms with van der Waals surface area (Å²) in [6.45, 7) is 7.53. The van der Waals surface area contributed by atoms with E-state index in [1.165, 1.54) is 11.1 Å². The summed E-state index contributed by atoms with van der Waals surface area (Å²) in [5.74, 6) is 0. The number of aliphatic hydroxyl groups is 1. The highest BCUT2D eigenvalue weighted by atomic mass is 35.5. The Morgan fingerprint density at radius 3 is 2.65 bits per heavy atom. The van der Waals surface area contributed by atoms with Gasteiger partial charge in [0.05, 0.1) is 21.8 Å². The van der Waals surface area contributed by atoms with E-state index in [9.17, 15) is 5.11 Å². The molecule has 0 saturated heterocycles. The Kier molecular flexibility index (Phi) is 4.80. The van der Waals surface area contributed by atoms with Crippen LogP contribution in [0, 0.1) is 6.92 Å². The lowest BCUT2D eigenvalue weighted by Crippen LogP contribution is -2.30. The SMILES string of the molecule is Cc1c(-c2cc(N3CCc4cc(C(C)(C)O)ccc4C3)ccc2Cl)nn2ccccc12. The predicted octanol–water partition coefficient (Wildman–Crippen LogP) is 5.75. The van der Waals surface area contributed by atoms with Gasteiger partial charge in [-0.25, -0.2) is 4.52 Å². The monoisotopic (exact) mass is 431 g/mol. The fourth-order valence-corrected chi connectivity index (χ4v) is 4.63. The summed E-state index contributed by atoms with van der Waals surface area (Å²) >= 11 is 6.62. The van der Waals surface area contributed by atoms with E-state index < -0.39 is 5.60 Å². The van der Waals surface area contributed by atoms with Crippen molar-refractivity contribution in [2.45, 2.75) is 39.3 Å². The number of anilines is 1. The molecule has 1 N–H and O–H groups in total. The highest BCUT2D eigenvalue weighted by Gasteiger charge is 2.22. The van der Waals surface area contributed by atoms with Crippen molar-refractivity contribution < 1.29 is 5.11 Å². The number of nitrogens with zero attached hydrogens (tertiary/aromatic N) is 3. The van der Waals surface area contributed by atoms with Crippen LogP contribution in [0.4, 0.5) is 5.69 Å². The van der Waals surface area contributed by atoms with Crippen molar-refractivity contribution in [1.29, 1.82) is 0 Å². The zero-order valence-electron chi connectivity index (χ0n) is 18.1. The minimum atomic E-state index is -0.816. The minimum absolute atomic E-state index is 0.711. The molecule has 4 aromatic rings. The van der Waals surface area contributed by atoms with Crippen LogP contribution in [-0.4, -0.2) is 21.3 Å². The molecule has 1 aliphatic heterocycles. The molecule has 3 heterocycles. The highest BCUT2D eigenvalue weighted by Crippen LogP contribution is 2.36. The molecule has 5 heteroatoms. The van der Waals surface area contributed by atoms with Crippen LogP contribution in [0.25, 0.3) is 16.8 Å². The van der Waals surface area contributed by atoms with Gasteiger partial charge in [-0.1, -0.05) is 35.9 Å². The van der Waals surface area contributed by atoms with Gasteiger partial charge in [-0.3, -0.25) is 0 Å². The molecule has 158 valence electrons. The first-order chi connectivity index (χ1) is 14.8. The third-order valence-corrected chi connectivity index (χ3v) is 6.61. The van der Waals surface area contributed by atoms with E-state index in [1.54, 1.807) is 0 Å². The summed E-state index contributed by atoms with van der Waals surface area (Å²) in [5.41, 5.74) is 8.03. The smallest absolute Gasteiger partial charge is 0.0978 e. The van der Waals surface area contributed by atoms with Crippen LogP contribution < -0.4 is 4.90 Å². The van der Waals surface area contributed by atoms with Crippen LogP contribution in [0.15, 0.2) is 60.8 Å². The van der Waals surface area contributed by atoms with Gasteiger partial charge in [-0.15, -0.1) is 0 Å². The molecule has 2 aromatic heterocycles. The third kappa shape index (κ3) is 3.60. The lowest BCUT2D eigenvalue weighted by Gasteiger charge is -2.32. The summed E-state index contributed by atoms with van der Waals surface area (Å²) in [6, 6.07) is 18.7. The van der Waals surface area contributed by atoms with Crippen LogP contribution in [0.2, 0.25) is 5.02 Å². The average Bonchev–Trinajstić information content (AvgIpc) is 3.09. The van der Waals surface area contributed by atoms with Crippen LogP contribution >= 0.6 is 11.6 Å². The Balaban J connectivity index is 1.49. The Morgan fingerprint density at radius 1 is 1.03 bits per heavy atom. The number of benzene rings is 2. The van der Waals surface area contributed by atoms with Gasteiger partial charge in [0.15, 0.2) is 0 Å². The van der Waals surface area contributed by atoms with Crippen molar-refractivity contribution >= 4 is 22.8 Å². The molecule has 4 nitrogen and oxygen atoms in total. The molecule has 0 aliphatic carbocycles. The first kappa shape index (κ1) is 20.1. The number of hydrogen-bond donors (Lipinski definition) is 1. The van der Waals surface area contributed by atoms with Gasteiger partial charge in [0.2, 0.25) is 0 Å². The molecule has 5 rings (SSSR count). The first-order valence-electron chi connectivity index (χ1n) is 10.6. The predicted molar refractivity (Wildman–Crippen MR) is 127 cm³/mol. The van der Waals surface area contributed by atoms with Crippen molar-refractivity contribution in [3.8, 4) is 11.3 Å². The Hall–Kier alpha value is -2.82. The zero-order chi connectivity index (χ0) is 21.8. The van der Waals surface area contributed by atoms with E-state index in [0.717, 1.165) is 53.1 Å². The van der Waals surface area contributed by atoms with Crippen LogP contribution in [0.1, 0.15) is 36.1 Å². The maximum atomic E-state index is 10.3. The average molecular weight is 432 g/mol. The van der Waals surface area contributed by atoms with Gasteiger partial charge >= 0.3 is 0 Å². The maximum Gasteiger partial charge on any atom is 0.0978 e. The highest BCUT2D eigenvalue weighted by molar-refractivity contribution is 6.33. The number of fused-ring (bicyclic) bond motifs is 2. The number of rotatable bonds is 3. The minimum Gasteiger partial charge on any atom is -0.386 e. The van der Waals surface area contributed by atoms with Gasteiger partial charge in [0, 0.05) is 36.1 Å². The normalized spacial score (nSPS) is 14.2. The molecule has 0 saturated carbocycles. The summed E-state index contributed by atoms with van der Waals surface area (Å²) < 4.78 is 1.91. The molecule has 0 radical (unpaired) electrons. The summed E-state index contributed by atoms with van der Waals surface area (Å²) in [7, 11) is 0. The molecule has 0 atom stereocenters. The van der Waals surface area contributed by atoms with Gasteiger partial charge < -0.3 is 10.0 Å². The number of pyridine rings is 1. The number of halogens is 1. The van der Waals surface area contributed by atoms with E-state index in [2.05, 4.69) is 42.2 Å². The van der Waals surface area contributed by atoms with E-state index >= 15 is 0 Å². The second kappa shape index (κ2) is 7.40. The standard InChI is InChI=1S/C26H26ClN3O/c1-17-24-6-4-5-12-30(24)28-25(17)22-15-21(9-10-23(22)27)29-13-11-18-14-20(26(2,3)31)8-7-19(18)16-29/h4-10,12,14-15,31H,11,13,16H2,1-3H3. The van der Waals surface area contributed by atoms with Crippen molar-refractivity contribution in [2.24, 2.45) is 0 Å². The Bertz CT molecular complexity index is 1290. The molecule has 0 bridgehead atoms. The van der Waals surface area contributed by atoms with Crippen molar-refractivity contribution in [2.75, 3.05) is 11.4 Å². The molecule has 2 aromatic carbocycles. The van der Waals surface area contributed by atoms with Crippen molar-refractivity contribution in [3.05, 3.63) is 88.1 Å². The summed E-state index contributed by atoms with van der Waals surface area (Å²) in [6.07, 6.45) is 2.91. The largest absolute Gasteiger partial charge is 0.386 e. The zero-order valence-corrected chi connectivity index (χ0v) is 18.8. The topological polar surface area (TPSA) is 40.8 Å². The number of aromatic nitrogens is 2. The van der Waals surface area contributed by atoms with E-state index in [1.807, 2.05) is 48.8 Å². The summed E-state index contributed by atoms with van der Waals surface area (Å²) in [4.78, 5) is 2.39. The van der Waals surface area contributed by atoms with Crippen LogP contribution in [0.5, 0.6) is 0 Å².